The lowest BCUT2D eigenvalue weighted by atomic mass is 10.1. The fourth-order valence-corrected chi connectivity index (χ4v) is 2.80. The fourth-order valence-electron chi connectivity index (χ4n) is 1.91. The Morgan fingerprint density at radius 3 is 2.16 bits per heavy atom. The lowest BCUT2D eigenvalue weighted by molar-refractivity contribution is 0.475. The van der Waals surface area contributed by atoms with E-state index in [1.807, 2.05) is 0 Å². The molecule has 0 spiro atoms. The number of para-hydroxylation sites is 1. The van der Waals surface area contributed by atoms with E-state index in [0.717, 1.165) is 6.20 Å². The molecular weight excluding hydrogens is 367 g/mol. The maximum absolute atomic E-state index is 12.7. The number of halogens is 2. The maximum atomic E-state index is 12.7. The number of aromatic nitrogens is 1. The Bertz CT molecular complexity index is 943. The van der Waals surface area contributed by atoms with Gasteiger partial charge in [0.05, 0.1) is 21.8 Å². The minimum atomic E-state index is -3.83. The molecule has 0 aliphatic heterocycles. The zero-order chi connectivity index (χ0) is 18.4. The van der Waals surface area contributed by atoms with Crippen LogP contribution in [-0.4, -0.2) is 18.5 Å². The molecule has 130 valence electrons. The maximum Gasteiger partial charge on any atom is 0.238 e. The van der Waals surface area contributed by atoms with Crippen LogP contribution in [0.15, 0.2) is 71.8 Å². The van der Waals surface area contributed by atoms with Gasteiger partial charge in [0, 0.05) is 5.56 Å². The third kappa shape index (κ3) is 5.25. The number of aromatic hydroxyl groups is 1. The van der Waals surface area contributed by atoms with Gasteiger partial charge in [-0.1, -0.05) is 41.9 Å². The lowest BCUT2D eigenvalue weighted by Gasteiger charge is -2.06. The number of benzene rings is 2. The smallest absolute Gasteiger partial charge is 0.238 e. The largest absolute Gasteiger partial charge is 0.506 e. The second-order valence-electron chi connectivity index (χ2n) is 4.85. The van der Waals surface area contributed by atoms with Crippen molar-refractivity contribution in [3.8, 4) is 17.0 Å². The van der Waals surface area contributed by atoms with Gasteiger partial charge >= 0.3 is 0 Å². The van der Waals surface area contributed by atoms with Crippen molar-refractivity contribution in [2.24, 2.45) is 5.14 Å². The standard InChI is InChI=1S/C11H9FN2O2S.C6H5ClO/c12-8-5-6-10(14-7-8)9-3-1-2-4-11(9)17(13,15)16;7-5-3-1-2-4-6(5)8/h1-7H,(H2,13,15,16);1-4,8H. The number of phenols is 1. The molecule has 5 nitrogen and oxygen atoms in total. The lowest BCUT2D eigenvalue weighted by Crippen LogP contribution is -2.13. The molecule has 0 radical (unpaired) electrons. The predicted molar refractivity (Wildman–Crippen MR) is 94.1 cm³/mol. The Morgan fingerprint density at radius 2 is 1.64 bits per heavy atom. The molecule has 2 aromatic carbocycles. The van der Waals surface area contributed by atoms with Gasteiger partial charge in [0.25, 0.3) is 0 Å². The quantitative estimate of drug-likeness (QED) is 0.710. The van der Waals surface area contributed by atoms with Crippen molar-refractivity contribution in [2.45, 2.75) is 4.90 Å². The molecule has 1 heterocycles. The molecule has 3 N–H and O–H groups in total. The van der Waals surface area contributed by atoms with Gasteiger partial charge < -0.3 is 5.11 Å². The summed E-state index contributed by atoms with van der Waals surface area (Å²) in [5, 5.41) is 14.3. The second kappa shape index (κ2) is 8.06. The Morgan fingerprint density at radius 1 is 1.00 bits per heavy atom. The molecule has 3 aromatic rings. The summed E-state index contributed by atoms with van der Waals surface area (Å²) in [6.07, 6.45) is 1.02. The van der Waals surface area contributed by atoms with Crippen LogP contribution in [0.1, 0.15) is 0 Å². The van der Waals surface area contributed by atoms with Crippen LogP contribution in [0.4, 0.5) is 4.39 Å². The highest BCUT2D eigenvalue weighted by atomic mass is 35.5. The van der Waals surface area contributed by atoms with Crippen LogP contribution < -0.4 is 5.14 Å². The van der Waals surface area contributed by atoms with E-state index in [1.165, 1.54) is 18.2 Å². The van der Waals surface area contributed by atoms with E-state index < -0.39 is 15.8 Å². The zero-order valence-corrected chi connectivity index (χ0v) is 14.4. The first-order chi connectivity index (χ1) is 11.8. The van der Waals surface area contributed by atoms with Crippen LogP contribution in [0.2, 0.25) is 5.02 Å². The first-order valence-corrected chi connectivity index (χ1v) is 8.88. The molecule has 0 unspecified atom stereocenters. The fraction of sp³-hybridized carbons (Fsp3) is 0. The van der Waals surface area contributed by atoms with E-state index in [4.69, 9.17) is 21.8 Å². The number of rotatable bonds is 2. The average molecular weight is 381 g/mol. The number of sulfonamides is 1. The molecule has 8 heteroatoms. The molecule has 3 rings (SSSR count). The van der Waals surface area contributed by atoms with Crippen molar-refractivity contribution < 1.29 is 17.9 Å². The summed E-state index contributed by atoms with van der Waals surface area (Å²) in [5.41, 5.74) is 0.714. The summed E-state index contributed by atoms with van der Waals surface area (Å²) in [4.78, 5) is 3.80. The number of nitrogens with two attached hydrogens (primary N) is 1. The number of phenolic OH excluding ortho intramolecular Hbond substituents is 1. The van der Waals surface area contributed by atoms with Crippen molar-refractivity contribution >= 4 is 21.6 Å². The van der Waals surface area contributed by atoms with Crippen LogP contribution in [0.3, 0.4) is 0 Å². The van der Waals surface area contributed by atoms with Gasteiger partial charge in [-0.2, -0.15) is 0 Å². The number of nitrogens with zero attached hydrogens (tertiary/aromatic N) is 1. The monoisotopic (exact) mass is 380 g/mol. The Hall–Kier alpha value is -2.48. The first-order valence-electron chi connectivity index (χ1n) is 6.96. The SMILES string of the molecule is NS(=O)(=O)c1ccccc1-c1ccc(F)cn1.Oc1ccccc1Cl. The van der Waals surface area contributed by atoms with Crippen LogP contribution >= 0.6 is 11.6 Å². The number of hydrogen-bond donors (Lipinski definition) is 2. The number of primary sulfonamides is 1. The van der Waals surface area contributed by atoms with Crippen molar-refractivity contribution in [2.75, 3.05) is 0 Å². The van der Waals surface area contributed by atoms with Crippen LogP contribution in [0, 0.1) is 5.82 Å². The summed E-state index contributed by atoms with van der Waals surface area (Å²) in [6.45, 7) is 0. The minimum absolute atomic E-state index is 0.0286. The highest BCUT2D eigenvalue weighted by molar-refractivity contribution is 7.89. The van der Waals surface area contributed by atoms with Gasteiger partial charge in [-0.25, -0.2) is 17.9 Å². The van der Waals surface area contributed by atoms with Gasteiger partial charge in [-0.05, 0) is 30.3 Å². The minimum Gasteiger partial charge on any atom is -0.506 e. The van der Waals surface area contributed by atoms with E-state index in [-0.39, 0.29) is 10.6 Å². The third-order valence-corrected chi connectivity index (χ3v) is 4.34. The topological polar surface area (TPSA) is 93.3 Å². The predicted octanol–water partition coefficient (Wildman–Crippen LogP) is 3.58. The first kappa shape index (κ1) is 18.9. The van der Waals surface area contributed by atoms with Crippen LogP contribution in [0.25, 0.3) is 11.3 Å². The molecule has 25 heavy (non-hydrogen) atoms. The normalized spacial score (nSPS) is 10.7. The summed E-state index contributed by atoms with van der Waals surface area (Å²) < 4.78 is 35.5. The van der Waals surface area contributed by atoms with Crippen LogP contribution in [0.5, 0.6) is 5.75 Å². The highest BCUT2D eigenvalue weighted by Crippen LogP contribution is 2.24. The molecule has 0 bridgehead atoms. The van der Waals surface area contributed by atoms with Crippen molar-refractivity contribution in [1.29, 1.82) is 0 Å². The van der Waals surface area contributed by atoms with Crippen molar-refractivity contribution in [3.63, 3.8) is 0 Å². The molecule has 0 fully saturated rings. The molecular formula is C17H14ClFN2O3S. The molecule has 0 aliphatic rings. The van der Waals surface area contributed by atoms with Crippen molar-refractivity contribution in [1.82, 2.24) is 4.98 Å². The Balaban J connectivity index is 0.000000236. The van der Waals surface area contributed by atoms with E-state index >= 15 is 0 Å². The number of pyridine rings is 1. The summed E-state index contributed by atoms with van der Waals surface area (Å²) in [6, 6.07) is 15.5. The molecule has 1 aromatic heterocycles. The van der Waals surface area contributed by atoms with E-state index in [9.17, 15) is 12.8 Å². The zero-order valence-electron chi connectivity index (χ0n) is 12.8. The summed E-state index contributed by atoms with van der Waals surface area (Å²) in [7, 11) is -3.83. The summed E-state index contributed by atoms with van der Waals surface area (Å²) >= 11 is 5.46. The van der Waals surface area contributed by atoms with Gasteiger partial charge in [0.1, 0.15) is 11.6 Å². The molecule has 0 amide bonds. The van der Waals surface area contributed by atoms with Gasteiger partial charge in [0.15, 0.2) is 0 Å². The van der Waals surface area contributed by atoms with Gasteiger partial charge in [-0.3, -0.25) is 4.98 Å². The Labute approximate surface area is 149 Å². The Kier molecular flexibility index (Phi) is 6.08. The van der Waals surface area contributed by atoms with E-state index in [0.29, 0.717) is 16.3 Å². The molecule has 0 saturated carbocycles. The highest BCUT2D eigenvalue weighted by Gasteiger charge is 2.15. The summed E-state index contributed by atoms with van der Waals surface area (Å²) in [5.74, 6) is -0.351. The third-order valence-electron chi connectivity index (χ3n) is 3.05. The van der Waals surface area contributed by atoms with Crippen molar-refractivity contribution in [3.05, 3.63) is 77.7 Å². The van der Waals surface area contributed by atoms with E-state index in [1.54, 1.807) is 42.5 Å². The van der Waals surface area contributed by atoms with Crippen LogP contribution in [-0.2, 0) is 10.0 Å². The molecule has 0 atom stereocenters. The molecule has 0 saturated heterocycles. The van der Waals surface area contributed by atoms with E-state index in [2.05, 4.69) is 4.98 Å². The second-order valence-corrected chi connectivity index (χ2v) is 6.79. The van der Waals surface area contributed by atoms with Gasteiger partial charge in [-0.15, -0.1) is 0 Å². The molecule has 0 aliphatic carbocycles. The van der Waals surface area contributed by atoms with Gasteiger partial charge in [0.2, 0.25) is 10.0 Å². The number of hydrogen-bond acceptors (Lipinski definition) is 4. The average Bonchev–Trinajstić information content (AvgIpc) is 2.58.